The van der Waals surface area contributed by atoms with Crippen molar-refractivity contribution in [3.63, 3.8) is 0 Å². The largest absolute Gasteiger partial charge is 0.394 e. The molecule has 4 heteroatoms. The third-order valence-corrected chi connectivity index (χ3v) is 4.65. The van der Waals surface area contributed by atoms with E-state index in [9.17, 15) is 4.79 Å². The number of nitrogens with two attached hydrogens (primary N) is 1. The van der Waals surface area contributed by atoms with Crippen LogP contribution in [0.15, 0.2) is 48.5 Å². The number of aryl methyl sites for hydroxylation is 2. The monoisotopic (exact) mass is 324 g/mol. The van der Waals surface area contributed by atoms with E-state index in [4.69, 9.17) is 10.8 Å². The number of rotatable bonds is 5. The molecule has 1 aliphatic heterocycles. The van der Waals surface area contributed by atoms with Crippen LogP contribution in [0.4, 0.5) is 0 Å². The number of carbonyl (C=O) groups excluding carboxylic acids is 1. The van der Waals surface area contributed by atoms with Crippen LogP contribution in [0.5, 0.6) is 0 Å². The van der Waals surface area contributed by atoms with Gasteiger partial charge in [0.25, 0.3) is 0 Å². The number of fused-ring (bicyclic) bond motifs is 1. The molecule has 4 nitrogen and oxygen atoms in total. The summed E-state index contributed by atoms with van der Waals surface area (Å²) in [7, 11) is 0. The lowest BCUT2D eigenvalue weighted by molar-refractivity contribution is -0.134. The Balaban J connectivity index is 1.64. The second-order valence-electron chi connectivity index (χ2n) is 6.39. The molecule has 0 unspecified atom stereocenters. The molecule has 0 fully saturated rings. The van der Waals surface area contributed by atoms with Gasteiger partial charge in [0.2, 0.25) is 5.91 Å². The van der Waals surface area contributed by atoms with E-state index in [-0.39, 0.29) is 12.5 Å². The van der Waals surface area contributed by atoms with Gasteiger partial charge in [0.1, 0.15) is 6.04 Å². The third-order valence-electron chi connectivity index (χ3n) is 4.65. The van der Waals surface area contributed by atoms with Crippen LogP contribution in [-0.2, 0) is 30.6 Å². The molecular formula is C20H24N2O2. The maximum absolute atomic E-state index is 12.1. The molecule has 2 aromatic carbocycles. The SMILES string of the molecule is N[C@H](CO)C(=O)N1CCc2cc(CCc3ccccc3)ccc2C1. The molecule has 0 aliphatic carbocycles. The van der Waals surface area contributed by atoms with Crippen LogP contribution in [0.25, 0.3) is 0 Å². The van der Waals surface area contributed by atoms with Crippen molar-refractivity contribution in [1.82, 2.24) is 4.90 Å². The van der Waals surface area contributed by atoms with E-state index in [1.807, 2.05) is 6.07 Å². The topological polar surface area (TPSA) is 66.6 Å². The summed E-state index contributed by atoms with van der Waals surface area (Å²) in [5.74, 6) is -0.170. The molecule has 0 radical (unpaired) electrons. The minimum atomic E-state index is -0.809. The molecule has 0 bridgehead atoms. The predicted octanol–water partition coefficient (Wildman–Crippen LogP) is 1.68. The van der Waals surface area contributed by atoms with Gasteiger partial charge in [0.15, 0.2) is 0 Å². The van der Waals surface area contributed by atoms with Gasteiger partial charge < -0.3 is 15.7 Å². The molecular weight excluding hydrogens is 300 g/mol. The minimum Gasteiger partial charge on any atom is -0.394 e. The predicted molar refractivity (Wildman–Crippen MR) is 94.5 cm³/mol. The third kappa shape index (κ3) is 3.83. The van der Waals surface area contributed by atoms with E-state index in [2.05, 4.69) is 42.5 Å². The van der Waals surface area contributed by atoms with Gasteiger partial charge in [-0.1, -0.05) is 48.5 Å². The number of hydrogen-bond acceptors (Lipinski definition) is 3. The summed E-state index contributed by atoms with van der Waals surface area (Å²) in [6.07, 6.45) is 2.91. The standard InChI is InChI=1S/C20H24N2O2/c21-19(14-23)20(24)22-11-10-17-12-16(8-9-18(17)13-22)7-6-15-4-2-1-3-5-15/h1-5,8-9,12,19,23H,6-7,10-11,13-14,21H2/t19-/m1/s1. The van der Waals surface area contributed by atoms with Crippen LogP contribution in [0.1, 0.15) is 22.3 Å². The lowest BCUT2D eigenvalue weighted by atomic mass is 9.94. The zero-order valence-corrected chi connectivity index (χ0v) is 13.8. The van der Waals surface area contributed by atoms with Gasteiger partial charge in [-0.15, -0.1) is 0 Å². The summed E-state index contributed by atoms with van der Waals surface area (Å²) in [4.78, 5) is 13.8. The van der Waals surface area contributed by atoms with Crippen LogP contribution in [0, 0.1) is 0 Å². The van der Waals surface area contributed by atoms with Gasteiger partial charge >= 0.3 is 0 Å². The van der Waals surface area contributed by atoms with Crippen molar-refractivity contribution in [1.29, 1.82) is 0 Å². The van der Waals surface area contributed by atoms with E-state index in [1.54, 1.807) is 4.90 Å². The number of amides is 1. The van der Waals surface area contributed by atoms with E-state index in [0.29, 0.717) is 13.1 Å². The number of benzene rings is 2. The number of nitrogens with zero attached hydrogens (tertiary/aromatic N) is 1. The van der Waals surface area contributed by atoms with E-state index < -0.39 is 6.04 Å². The quantitative estimate of drug-likeness (QED) is 0.879. The highest BCUT2D eigenvalue weighted by Crippen LogP contribution is 2.21. The summed E-state index contributed by atoms with van der Waals surface area (Å²) in [6.45, 7) is 0.948. The molecule has 3 rings (SSSR count). The van der Waals surface area contributed by atoms with Gasteiger partial charge in [-0.25, -0.2) is 0 Å². The number of aliphatic hydroxyl groups is 1. The Kier molecular flexibility index (Phi) is 5.28. The molecule has 1 atom stereocenters. The van der Waals surface area contributed by atoms with Gasteiger partial charge in [-0.2, -0.15) is 0 Å². The first kappa shape index (κ1) is 16.7. The number of aliphatic hydroxyl groups excluding tert-OH is 1. The van der Waals surface area contributed by atoms with Crippen LogP contribution >= 0.6 is 0 Å². The molecule has 24 heavy (non-hydrogen) atoms. The number of hydrogen-bond donors (Lipinski definition) is 2. The zero-order valence-electron chi connectivity index (χ0n) is 13.8. The summed E-state index contributed by atoms with van der Waals surface area (Å²) in [6, 6.07) is 16.2. The van der Waals surface area contributed by atoms with Gasteiger partial charge in [0, 0.05) is 13.1 Å². The average molecular weight is 324 g/mol. The Morgan fingerprint density at radius 3 is 2.58 bits per heavy atom. The van der Waals surface area contributed by atoms with Crippen molar-refractivity contribution < 1.29 is 9.90 Å². The smallest absolute Gasteiger partial charge is 0.242 e. The molecule has 3 N–H and O–H groups in total. The molecule has 1 aliphatic rings. The Hall–Kier alpha value is -2.17. The highest BCUT2D eigenvalue weighted by atomic mass is 16.3. The second-order valence-corrected chi connectivity index (χ2v) is 6.39. The van der Waals surface area contributed by atoms with Crippen molar-refractivity contribution in [2.24, 2.45) is 5.73 Å². The number of carbonyl (C=O) groups is 1. The molecule has 0 saturated carbocycles. The van der Waals surface area contributed by atoms with E-state index >= 15 is 0 Å². The summed E-state index contributed by atoms with van der Waals surface area (Å²) >= 11 is 0. The Morgan fingerprint density at radius 2 is 1.83 bits per heavy atom. The fourth-order valence-corrected chi connectivity index (χ4v) is 3.20. The average Bonchev–Trinajstić information content (AvgIpc) is 2.65. The lowest BCUT2D eigenvalue weighted by Crippen LogP contribution is -2.47. The molecule has 2 aromatic rings. The molecule has 0 spiro atoms. The molecule has 1 heterocycles. The van der Waals surface area contributed by atoms with E-state index in [1.165, 1.54) is 22.3 Å². The van der Waals surface area contributed by atoms with E-state index in [0.717, 1.165) is 19.3 Å². The van der Waals surface area contributed by atoms with Crippen molar-refractivity contribution in [3.8, 4) is 0 Å². The van der Waals surface area contributed by atoms with Crippen LogP contribution < -0.4 is 5.73 Å². The molecule has 0 aromatic heterocycles. The van der Waals surface area contributed by atoms with Gasteiger partial charge in [0.05, 0.1) is 6.61 Å². The maximum atomic E-state index is 12.1. The first-order valence-electron chi connectivity index (χ1n) is 8.47. The summed E-state index contributed by atoms with van der Waals surface area (Å²) in [5, 5.41) is 9.05. The zero-order chi connectivity index (χ0) is 16.9. The van der Waals surface area contributed by atoms with Crippen molar-refractivity contribution in [2.45, 2.75) is 31.8 Å². The van der Waals surface area contributed by atoms with Crippen LogP contribution in [-0.4, -0.2) is 35.1 Å². The molecule has 126 valence electrons. The van der Waals surface area contributed by atoms with Crippen molar-refractivity contribution in [3.05, 3.63) is 70.8 Å². The highest BCUT2D eigenvalue weighted by molar-refractivity contribution is 5.82. The molecule has 0 saturated heterocycles. The van der Waals surface area contributed by atoms with Crippen molar-refractivity contribution in [2.75, 3.05) is 13.2 Å². The maximum Gasteiger partial charge on any atom is 0.242 e. The summed E-state index contributed by atoms with van der Waals surface area (Å²) < 4.78 is 0. The fraction of sp³-hybridized carbons (Fsp3) is 0.350. The Labute approximate surface area is 142 Å². The van der Waals surface area contributed by atoms with Crippen LogP contribution in [0.2, 0.25) is 0 Å². The first-order valence-corrected chi connectivity index (χ1v) is 8.47. The normalized spacial score (nSPS) is 15.0. The van der Waals surface area contributed by atoms with Crippen LogP contribution in [0.3, 0.4) is 0 Å². The van der Waals surface area contributed by atoms with Gasteiger partial charge in [-0.3, -0.25) is 4.79 Å². The second kappa shape index (κ2) is 7.60. The first-order chi connectivity index (χ1) is 11.7. The Morgan fingerprint density at radius 1 is 1.08 bits per heavy atom. The lowest BCUT2D eigenvalue weighted by Gasteiger charge is -2.30. The van der Waals surface area contributed by atoms with Crippen molar-refractivity contribution >= 4 is 5.91 Å². The minimum absolute atomic E-state index is 0.170. The fourth-order valence-electron chi connectivity index (χ4n) is 3.20. The summed E-state index contributed by atoms with van der Waals surface area (Å²) in [5.41, 5.74) is 10.8. The van der Waals surface area contributed by atoms with Gasteiger partial charge in [-0.05, 0) is 41.5 Å². The Bertz CT molecular complexity index is 700. The molecule has 1 amide bonds. The highest BCUT2D eigenvalue weighted by Gasteiger charge is 2.24.